The van der Waals surface area contributed by atoms with Crippen molar-refractivity contribution < 1.29 is 53.7 Å². The van der Waals surface area contributed by atoms with Crippen LogP contribution in [0.1, 0.15) is 31.1 Å². The van der Waals surface area contributed by atoms with Crippen LogP contribution in [-0.4, -0.2) is 39.2 Å². The molecule has 0 atom stereocenters. The summed E-state index contributed by atoms with van der Waals surface area (Å²) in [5, 5.41) is 28.9. The van der Waals surface area contributed by atoms with Crippen molar-refractivity contribution >= 4 is 23.9 Å². The molecule has 11 nitrogen and oxygen atoms in total. The number of carboxylic acids is 1. The Hall–Kier alpha value is -3.50. The first kappa shape index (κ1) is 18.5. The van der Waals surface area contributed by atoms with Crippen LogP contribution in [0.4, 0.5) is 0 Å². The molecule has 0 fully saturated rings. The maximum Gasteiger partial charge on any atom is 0.352 e. The molecule has 24 heavy (non-hydrogen) atoms. The van der Waals surface area contributed by atoms with Crippen LogP contribution in [0.2, 0.25) is 0 Å². The molecule has 0 amide bonds. The smallest absolute Gasteiger partial charge is 0.352 e. The Kier molecular flexibility index (Phi) is 5.54. The summed E-state index contributed by atoms with van der Waals surface area (Å²) in [5.74, 6) is -10.2. The van der Waals surface area contributed by atoms with Gasteiger partial charge >= 0.3 is 23.9 Å². The van der Waals surface area contributed by atoms with Gasteiger partial charge in [-0.15, -0.1) is 0 Å². The number of ether oxygens (including phenoxy) is 2. The van der Waals surface area contributed by atoms with Gasteiger partial charge in [0.05, 0.1) is 0 Å². The quantitative estimate of drug-likeness (QED) is 0.224. The first-order chi connectivity index (χ1) is 11.1. The highest BCUT2D eigenvalue weighted by Gasteiger charge is 2.34. The minimum absolute atomic E-state index is 0.899. The molecule has 0 aliphatic heterocycles. The van der Waals surface area contributed by atoms with Crippen molar-refractivity contribution in [2.24, 2.45) is 0 Å². The largest absolute Gasteiger partial charge is 0.502 e. The van der Waals surface area contributed by atoms with Gasteiger partial charge in [-0.2, -0.15) is 0 Å². The van der Waals surface area contributed by atoms with Gasteiger partial charge in [-0.05, 0) is 0 Å². The fraction of sp³-hybridized carbons (Fsp3) is 0.231. The Labute approximate surface area is 133 Å². The molecular formula is C13H12O11. The Morgan fingerprint density at radius 3 is 1.62 bits per heavy atom. The van der Waals surface area contributed by atoms with Crippen molar-refractivity contribution in [1.82, 2.24) is 0 Å². The highest BCUT2D eigenvalue weighted by Crippen LogP contribution is 2.52. The van der Waals surface area contributed by atoms with E-state index in [0.717, 1.165) is 20.8 Å². The van der Waals surface area contributed by atoms with E-state index in [9.17, 15) is 34.5 Å². The van der Waals surface area contributed by atoms with Gasteiger partial charge in [0.1, 0.15) is 0 Å². The number of hydrogen-bond donors (Lipinski definition) is 3. The maximum absolute atomic E-state index is 11.4. The minimum atomic E-state index is -1.80. The lowest BCUT2D eigenvalue weighted by molar-refractivity contribution is -0.211. The first-order valence-corrected chi connectivity index (χ1v) is 6.13. The van der Waals surface area contributed by atoms with Crippen LogP contribution >= 0.6 is 0 Å². The molecule has 0 saturated heterocycles. The Bertz CT molecular complexity index is 719. The molecule has 3 N–H and O–H groups in total. The van der Waals surface area contributed by atoms with Crippen LogP contribution in [0.25, 0.3) is 0 Å². The van der Waals surface area contributed by atoms with E-state index in [1.807, 2.05) is 0 Å². The summed E-state index contributed by atoms with van der Waals surface area (Å²) in [6, 6.07) is 0. The molecule has 0 unspecified atom stereocenters. The lowest BCUT2D eigenvalue weighted by Gasteiger charge is -2.16. The van der Waals surface area contributed by atoms with E-state index in [0.29, 0.717) is 0 Å². The van der Waals surface area contributed by atoms with E-state index >= 15 is 0 Å². The van der Waals surface area contributed by atoms with E-state index in [1.54, 1.807) is 0 Å². The topological polar surface area (TPSA) is 166 Å². The zero-order valence-corrected chi connectivity index (χ0v) is 12.6. The highest BCUT2D eigenvalue weighted by atomic mass is 17.2. The number of carbonyl (C=O) groups excluding carboxylic acids is 3. The summed E-state index contributed by atoms with van der Waals surface area (Å²) in [6.45, 7) is 2.72. The van der Waals surface area contributed by atoms with Gasteiger partial charge in [0.15, 0.2) is 11.3 Å². The van der Waals surface area contributed by atoms with Crippen LogP contribution in [0.15, 0.2) is 0 Å². The summed E-state index contributed by atoms with van der Waals surface area (Å²) >= 11 is 0. The summed E-state index contributed by atoms with van der Waals surface area (Å²) < 4.78 is 9.17. The molecule has 0 spiro atoms. The van der Waals surface area contributed by atoms with Crippen LogP contribution in [0.3, 0.4) is 0 Å². The molecule has 0 saturated carbocycles. The number of aromatic carboxylic acids is 1. The Morgan fingerprint density at radius 2 is 1.21 bits per heavy atom. The predicted molar refractivity (Wildman–Crippen MR) is 71.7 cm³/mol. The molecule has 1 rings (SSSR count). The minimum Gasteiger partial charge on any atom is -0.502 e. The van der Waals surface area contributed by atoms with Gasteiger partial charge in [-0.3, -0.25) is 19.4 Å². The van der Waals surface area contributed by atoms with E-state index in [4.69, 9.17) is 0 Å². The lowest BCUT2D eigenvalue weighted by Crippen LogP contribution is -2.14. The Balaban J connectivity index is 3.74. The number of carbonyl (C=O) groups is 4. The molecule has 0 bridgehead atoms. The third kappa shape index (κ3) is 4.03. The number of phenols is 2. The molecule has 0 aromatic heterocycles. The number of benzene rings is 1. The number of phenolic OH excluding ortho intramolecular Hbond substituents is 2. The van der Waals surface area contributed by atoms with Gasteiger partial charge in [0.25, 0.3) is 5.75 Å². The number of aromatic hydroxyl groups is 2. The van der Waals surface area contributed by atoms with Crippen LogP contribution in [-0.2, 0) is 19.3 Å². The summed E-state index contributed by atoms with van der Waals surface area (Å²) in [5.41, 5.74) is -1.02. The fourth-order valence-corrected chi connectivity index (χ4v) is 1.51. The highest BCUT2D eigenvalue weighted by molar-refractivity contribution is 5.99. The van der Waals surface area contributed by atoms with Crippen molar-refractivity contribution in [3.8, 4) is 28.7 Å². The predicted octanol–water partition coefficient (Wildman–Crippen LogP) is 0.503. The molecule has 1 aromatic rings. The van der Waals surface area contributed by atoms with Crippen LogP contribution < -0.4 is 14.4 Å². The number of hydrogen-bond acceptors (Lipinski definition) is 10. The number of esters is 2. The zero-order valence-electron chi connectivity index (χ0n) is 12.6. The molecule has 130 valence electrons. The summed E-state index contributed by atoms with van der Waals surface area (Å²) in [6.07, 6.45) is 0. The second-order valence-electron chi connectivity index (χ2n) is 4.21. The van der Waals surface area contributed by atoms with E-state index in [2.05, 4.69) is 19.2 Å². The van der Waals surface area contributed by atoms with E-state index < -0.39 is 58.2 Å². The van der Waals surface area contributed by atoms with Crippen molar-refractivity contribution in [3.63, 3.8) is 0 Å². The molecule has 0 heterocycles. The first-order valence-electron chi connectivity index (χ1n) is 6.13. The molecular weight excluding hydrogens is 332 g/mol. The average Bonchev–Trinajstić information content (AvgIpc) is 2.42. The van der Waals surface area contributed by atoms with Gasteiger partial charge in [-0.25, -0.2) is 9.59 Å². The van der Waals surface area contributed by atoms with Gasteiger partial charge in [-0.1, -0.05) is 0 Å². The molecule has 1 aromatic carbocycles. The van der Waals surface area contributed by atoms with Crippen LogP contribution in [0.5, 0.6) is 28.7 Å². The summed E-state index contributed by atoms with van der Waals surface area (Å²) in [4.78, 5) is 53.0. The van der Waals surface area contributed by atoms with Gasteiger partial charge < -0.3 is 24.8 Å². The SMILES string of the molecule is CC(=O)OOc1c(O)c(O)c(OC(C)=O)c(C(=O)O)c1OC(C)=O. The molecule has 11 heteroatoms. The van der Waals surface area contributed by atoms with Crippen molar-refractivity contribution in [1.29, 1.82) is 0 Å². The van der Waals surface area contributed by atoms with Gasteiger partial charge in [0, 0.05) is 20.8 Å². The second kappa shape index (κ2) is 7.17. The third-order valence-electron chi connectivity index (χ3n) is 2.26. The lowest BCUT2D eigenvalue weighted by atomic mass is 10.1. The fourth-order valence-electron chi connectivity index (χ4n) is 1.51. The monoisotopic (exact) mass is 344 g/mol. The third-order valence-corrected chi connectivity index (χ3v) is 2.26. The van der Waals surface area contributed by atoms with Crippen molar-refractivity contribution in [2.75, 3.05) is 0 Å². The van der Waals surface area contributed by atoms with Crippen LogP contribution in [0, 0.1) is 0 Å². The normalized spacial score (nSPS) is 9.79. The number of rotatable bonds is 5. The average molecular weight is 344 g/mol. The summed E-state index contributed by atoms with van der Waals surface area (Å²) in [7, 11) is 0. The maximum atomic E-state index is 11.4. The van der Waals surface area contributed by atoms with Crippen molar-refractivity contribution in [2.45, 2.75) is 20.8 Å². The second-order valence-corrected chi connectivity index (χ2v) is 4.21. The van der Waals surface area contributed by atoms with Gasteiger partial charge in [0.2, 0.25) is 17.2 Å². The standard InChI is InChI=1S/C13H12O11/c1-4(14)21-10-7(13(19)20)11(22-5(2)15)12(9(18)8(10)17)24-23-6(3)16/h17-18H,1-3H3,(H,19,20). The number of carboxylic acid groups (broad SMARTS) is 1. The Morgan fingerprint density at radius 1 is 0.750 bits per heavy atom. The molecule has 0 aliphatic carbocycles. The van der Waals surface area contributed by atoms with E-state index in [-0.39, 0.29) is 0 Å². The zero-order chi connectivity index (χ0) is 18.6. The molecule has 0 radical (unpaired) electrons. The molecule has 0 aliphatic rings. The van der Waals surface area contributed by atoms with Crippen molar-refractivity contribution in [3.05, 3.63) is 5.56 Å². The van der Waals surface area contributed by atoms with E-state index in [1.165, 1.54) is 0 Å².